The summed E-state index contributed by atoms with van der Waals surface area (Å²) in [6.07, 6.45) is 0.332. The van der Waals surface area contributed by atoms with Crippen LogP contribution in [0.4, 0.5) is 8.78 Å². The first-order chi connectivity index (χ1) is 12.9. The van der Waals surface area contributed by atoms with Crippen molar-refractivity contribution in [3.8, 4) is 0 Å². The summed E-state index contributed by atoms with van der Waals surface area (Å²) >= 11 is 0. The fraction of sp³-hybridized carbons (Fsp3) is 0.632. The van der Waals surface area contributed by atoms with Crippen molar-refractivity contribution in [1.29, 1.82) is 0 Å². The first-order valence-electron chi connectivity index (χ1n) is 9.39. The molecule has 1 aromatic carbocycles. The Morgan fingerprint density at radius 3 is 2.68 bits per heavy atom. The summed E-state index contributed by atoms with van der Waals surface area (Å²) in [7, 11) is 0. The fourth-order valence-electron chi connectivity index (χ4n) is 2.94. The van der Waals surface area contributed by atoms with E-state index >= 15 is 0 Å². The second-order valence-electron chi connectivity index (χ2n) is 6.97. The van der Waals surface area contributed by atoms with Crippen LogP contribution in [-0.2, 0) is 11.2 Å². The van der Waals surface area contributed by atoms with Crippen molar-refractivity contribution in [1.82, 2.24) is 15.5 Å². The number of rotatable bonds is 8. The monoisotopic (exact) mass is 512 g/mol. The first-order valence-corrected chi connectivity index (χ1v) is 9.39. The molecule has 2 rings (SSSR count). The summed E-state index contributed by atoms with van der Waals surface area (Å²) < 4.78 is 32.3. The third-order valence-electron chi connectivity index (χ3n) is 4.31. The van der Waals surface area contributed by atoms with Gasteiger partial charge in [-0.3, -0.25) is 9.89 Å². The number of β-amino-alcohol motifs (C(OH)–C–C–N with tert-alkyl or cyclic N) is 1. The molecule has 1 aliphatic rings. The Morgan fingerprint density at radius 1 is 1.29 bits per heavy atom. The number of nitrogens with zero attached hydrogens (tertiary/aromatic N) is 2. The summed E-state index contributed by atoms with van der Waals surface area (Å²) in [5.41, 5.74) is -0.647. The molecule has 0 aliphatic carbocycles. The Morgan fingerprint density at radius 2 is 2.00 bits per heavy atom. The lowest BCUT2D eigenvalue weighted by atomic mass is 10.1. The quantitative estimate of drug-likeness (QED) is 0.282. The molecule has 0 bridgehead atoms. The van der Waals surface area contributed by atoms with Crippen LogP contribution < -0.4 is 10.6 Å². The molecule has 28 heavy (non-hydrogen) atoms. The van der Waals surface area contributed by atoms with E-state index in [0.717, 1.165) is 19.2 Å². The average Bonchev–Trinajstić information content (AvgIpc) is 2.64. The molecule has 0 radical (unpaired) electrons. The van der Waals surface area contributed by atoms with Crippen molar-refractivity contribution in [3.05, 3.63) is 35.4 Å². The molecule has 1 aliphatic heterocycles. The highest BCUT2D eigenvalue weighted by Gasteiger charge is 2.25. The molecule has 0 spiro atoms. The molecule has 0 saturated carbocycles. The molecule has 1 heterocycles. The molecule has 0 aromatic heterocycles. The van der Waals surface area contributed by atoms with Crippen molar-refractivity contribution in [2.45, 2.75) is 25.9 Å². The number of aliphatic imine (C=N–C) groups is 1. The first kappa shape index (κ1) is 25.0. The highest BCUT2D eigenvalue weighted by molar-refractivity contribution is 14.0. The van der Waals surface area contributed by atoms with Gasteiger partial charge in [0.05, 0.1) is 25.4 Å². The molecule has 3 N–H and O–H groups in total. The molecule has 1 fully saturated rings. The average molecular weight is 512 g/mol. The molecule has 9 heteroatoms. The van der Waals surface area contributed by atoms with Crippen molar-refractivity contribution in [3.63, 3.8) is 0 Å². The molecular formula is C19H31F2IN4O2. The standard InChI is InChI=1S/C19H30F2N4O2.HI/c1-3-22-18(23-8-7-15-5-4-6-16(20)17(15)21)24-13-19(2,26)14-25-9-11-27-12-10-25;/h4-6,26H,3,7-14H2,1-2H3,(H2,22,23,24);1H. The fourth-order valence-corrected chi connectivity index (χ4v) is 2.94. The third kappa shape index (κ3) is 8.54. The van der Waals surface area contributed by atoms with Crippen LogP contribution in [0, 0.1) is 11.6 Å². The number of hydrogen-bond acceptors (Lipinski definition) is 4. The van der Waals surface area contributed by atoms with Crippen LogP contribution in [0.15, 0.2) is 23.2 Å². The maximum Gasteiger partial charge on any atom is 0.191 e. The number of ether oxygens (including phenoxy) is 1. The molecular weight excluding hydrogens is 481 g/mol. The lowest BCUT2D eigenvalue weighted by molar-refractivity contribution is -0.0179. The largest absolute Gasteiger partial charge is 0.387 e. The smallest absolute Gasteiger partial charge is 0.191 e. The van der Waals surface area contributed by atoms with E-state index in [-0.39, 0.29) is 30.5 Å². The van der Waals surface area contributed by atoms with Crippen LogP contribution in [-0.4, -0.2) is 74.0 Å². The minimum atomic E-state index is -0.964. The summed E-state index contributed by atoms with van der Waals surface area (Å²) in [6.45, 7) is 8.48. The van der Waals surface area contributed by atoms with Crippen LogP contribution in [0.3, 0.4) is 0 Å². The summed E-state index contributed by atoms with van der Waals surface area (Å²) in [5, 5.41) is 16.8. The van der Waals surface area contributed by atoms with Gasteiger partial charge in [0, 0.05) is 32.7 Å². The van der Waals surface area contributed by atoms with E-state index in [2.05, 4.69) is 20.5 Å². The van der Waals surface area contributed by atoms with E-state index in [1.807, 2.05) is 6.92 Å². The molecule has 1 saturated heterocycles. The van der Waals surface area contributed by atoms with Gasteiger partial charge >= 0.3 is 0 Å². The van der Waals surface area contributed by atoms with Gasteiger partial charge in [-0.15, -0.1) is 24.0 Å². The number of benzene rings is 1. The molecule has 0 amide bonds. The zero-order chi connectivity index (χ0) is 19.7. The lowest BCUT2D eigenvalue weighted by Crippen LogP contribution is -2.48. The minimum absolute atomic E-state index is 0. The number of aliphatic hydroxyl groups is 1. The highest BCUT2D eigenvalue weighted by atomic mass is 127. The van der Waals surface area contributed by atoms with E-state index in [9.17, 15) is 13.9 Å². The van der Waals surface area contributed by atoms with Gasteiger partial charge in [0.1, 0.15) is 0 Å². The van der Waals surface area contributed by atoms with Crippen LogP contribution >= 0.6 is 24.0 Å². The second-order valence-corrected chi connectivity index (χ2v) is 6.97. The van der Waals surface area contributed by atoms with Crippen molar-refractivity contribution < 1.29 is 18.6 Å². The van der Waals surface area contributed by atoms with Gasteiger partial charge in [-0.1, -0.05) is 12.1 Å². The minimum Gasteiger partial charge on any atom is -0.387 e. The Labute approximate surface area is 182 Å². The molecule has 6 nitrogen and oxygen atoms in total. The van der Waals surface area contributed by atoms with Gasteiger partial charge in [0.15, 0.2) is 17.6 Å². The van der Waals surface area contributed by atoms with Crippen LogP contribution in [0.25, 0.3) is 0 Å². The van der Waals surface area contributed by atoms with Gasteiger partial charge in [-0.05, 0) is 31.9 Å². The maximum atomic E-state index is 13.7. The molecule has 160 valence electrons. The van der Waals surface area contributed by atoms with E-state index in [1.165, 1.54) is 6.07 Å². The summed E-state index contributed by atoms with van der Waals surface area (Å²) in [4.78, 5) is 6.60. The SMILES string of the molecule is CCNC(=NCC(C)(O)CN1CCOCC1)NCCc1cccc(F)c1F.I. The van der Waals surface area contributed by atoms with Crippen molar-refractivity contribution >= 4 is 29.9 Å². The molecule has 1 atom stereocenters. The number of nitrogens with one attached hydrogen (secondary N) is 2. The summed E-state index contributed by atoms with van der Waals surface area (Å²) in [6, 6.07) is 4.17. The summed E-state index contributed by atoms with van der Waals surface area (Å²) in [5.74, 6) is -1.11. The Hall–Kier alpha value is -1.04. The van der Waals surface area contributed by atoms with Crippen molar-refractivity contribution in [2.24, 2.45) is 4.99 Å². The topological polar surface area (TPSA) is 69.1 Å². The van der Waals surface area contributed by atoms with Crippen LogP contribution in [0.2, 0.25) is 0 Å². The van der Waals surface area contributed by atoms with Crippen molar-refractivity contribution in [2.75, 3.05) is 52.5 Å². The predicted octanol–water partition coefficient (Wildman–Crippen LogP) is 1.76. The third-order valence-corrected chi connectivity index (χ3v) is 4.31. The molecule has 1 aromatic rings. The van der Waals surface area contributed by atoms with Crippen LogP contribution in [0.1, 0.15) is 19.4 Å². The van der Waals surface area contributed by atoms with Gasteiger partial charge in [0.25, 0.3) is 0 Å². The maximum absolute atomic E-state index is 13.7. The van der Waals surface area contributed by atoms with E-state index < -0.39 is 17.2 Å². The Bertz CT molecular complexity index is 626. The Kier molecular flexibility index (Phi) is 11.2. The zero-order valence-corrected chi connectivity index (χ0v) is 18.8. The van der Waals surface area contributed by atoms with Crippen LogP contribution in [0.5, 0.6) is 0 Å². The Balaban J connectivity index is 0.00000392. The lowest BCUT2D eigenvalue weighted by Gasteiger charge is -2.33. The predicted molar refractivity (Wildman–Crippen MR) is 117 cm³/mol. The molecule has 1 unspecified atom stereocenters. The normalized spacial score (nSPS) is 17.5. The second kappa shape index (κ2) is 12.5. The number of morpholine rings is 1. The van der Waals surface area contributed by atoms with E-state index in [0.29, 0.717) is 50.8 Å². The van der Waals surface area contributed by atoms with Gasteiger partial charge in [-0.2, -0.15) is 0 Å². The number of halogens is 3. The van der Waals surface area contributed by atoms with Gasteiger partial charge in [-0.25, -0.2) is 8.78 Å². The number of guanidine groups is 1. The zero-order valence-electron chi connectivity index (χ0n) is 16.5. The number of hydrogen-bond donors (Lipinski definition) is 3. The van der Waals surface area contributed by atoms with E-state index in [4.69, 9.17) is 4.74 Å². The van der Waals surface area contributed by atoms with Gasteiger partial charge in [0.2, 0.25) is 0 Å². The van der Waals surface area contributed by atoms with Gasteiger partial charge < -0.3 is 20.5 Å². The van der Waals surface area contributed by atoms with E-state index in [1.54, 1.807) is 13.0 Å². The highest BCUT2D eigenvalue weighted by Crippen LogP contribution is 2.11.